The van der Waals surface area contributed by atoms with Gasteiger partial charge < -0.3 is 10.2 Å². The number of aromatic carboxylic acids is 1. The molecule has 0 spiro atoms. The van der Waals surface area contributed by atoms with E-state index in [1.165, 1.54) is 4.68 Å². The van der Waals surface area contributed by atoms with Crippen LogP contribution in [0.25, 0.3) is 5.69 Å². The Morgan fingerprint density at radius 3 is 2.37 bits per heavy atom. The van der Waals surface area contributed by atoms with Crippen LogP contribution in [-0.2, 0) is 0 Å². The average molecular weight is 260 g/mol. The van der Waals surface area contributed by atoms with Crippen LogP contribution in [0.1, 0.15) is 21.6 Å². The molecular weight excluding hydrogens is 248 g/mol. The van der Waals surface area contributed by atoms with Crippen molar-refractivity contribution in [2.45, 2.75) is 13.8 Å². The van der Waals surface area contributed by atoms with E-state index in [1.807, 2.05) is 32.0 Å². The second-order valence-corrected chi connectivity index (χ2v) is 4.18. The third-order valence-corrected chi connectivity index (χ3v) is 2.77. The lowest BCUT2D eigenvalue weighted by atomic mass is 10.1. The van der Waals surface area contributed by atoms with E-state index in [0.717, 1.165) is 17.3 Å². The van der Waals surface area contributed by atoms with Crippen LogP contribution in [0.4, 0.5) is 0 Å². The summed E-state index contributed by atoms with van der Waals surface area (Å²) in [7, 11) is 0. The highest BCUT2D eigenvalue weighted by Crippen LogP contribution is 2.18. The van der Waals surface area contributed by atoms with Gasteiger partial charge in [-0.3, -0.25) is 4.79 Å². The number of aromatic hydroxyl groups is 1. The predicted octanol–water partition coefficient (Wildman–Crippen LogP) is 1.25. The zero-order chi connectivity index (χ0) is 14.2. The van der Waals surface area contributed by atoms with Crippen LogP contribution < -0.4 is 5.43 Å². The van der Waals surface area contributed by atoms with E-state index in [4.69, 9.17) is 5.11 Å². The van der Waals surface area contributed by atoms with E-state index in [9.17, 15) is 14.7 Å². The minimum absolute atomic E-state index is 0.639. The molecule has 1 aromatic heterocycles. The molecule has 0 fully saturated rings. The number of nitrogens with zero attached hydrogens (tertiary/aromatic N) is 2. The molecule has 0 aliphatic heterocycles. The molecule has 0 amide bonds. The summed E-state index contributed by atoms with van der Waals surface area (Å²) in [6, 6.07) is 5.52. The number of para-hydroxylation sites is 1. The van der Waals surface area contributed by atoms with Crippen LogP contribution >= 0.6 is 0 Å². The fourth-order valence-electron chi connectivity index (χ4n) is 1.90. The third-order valence-electron chi connectivity index (χ3n) is 2.77. The maximum atomic E-state index is 11.5. The van der Waals surface area contributed by atoms with Gasteiger partial charge in [0.15, 0.2) is 5.75 Å². The molecule has 2 rings (SSSR count). The highest BCUT2D eigenvalue weighted by atomic mass is 16.4. The van der Waals surface area contributed by atoms with Crippen molar-refractivity contribution in [3.63, 3.8) is 0 Å². The van der Waals surface area contributed by atoms with E-state index in [1.54, 1.807) is 0 Å². The van der Waals surface area contributed by atoms with Crippen molar-refractivity contribution in [2.24, 2.45) is 0 Å². The van der Waals surface area contributed by atoms with Crippen molar-refractivity contribution in [3.8, 4) is 11.4 Å². The van der Waals surface area contributed by atoms with Crippen LogP contribution in [0.5, 0.6) is 5.75 Å². The number of rotatable bonds is 2. The van der Waals surface area contributed by atoms with E-state index < -0.39 is 22.8 Å². The Labute approximate surface area is 108 Å². The van der Waals surface area contributed by atoms with Gasteiger partial charge in [-0.15, -0.1) is 0 Å². The average Bonchev–Trinajstić information content (AvgIpc) is 2.32. The minimum atomic E-state index is -1.47. The monoisotopic (exact) mass is 260 g/mol. The molecule has 0 saturated carbocycles. The molecule has 1 heterocycles. The number of hydrogen-bond donors (Lipinski definition) is 2. The molecule has 2 N–H and O–H groups in total. The number of aryl methyl sites for hydroxylation is 2. The Balaban J connectivity index is 2.78. The van der Waals surface area contributed by atoms with E-state index in [-0.39, 0.29) is 0 Å². The van der Waals surface area contributed by atoms with Gasteiger partial charge in [-0.25, -0.2) is 9.48 Å². The van der Waals surface area contributed by atoms with E-state index >= 15 is 0 Å². The molecule has 0 aliphatic carbocycles. The molecular formula is C13H12N2O4. The first kappa shape index (κ1) is 12.8. The molecule has 6 heteroatoms. The quantitative estimate of drug-likeness (QED) is 0.847. The van der Waals surface area contributed by atoms with Crippen LogP contribution in [-0.4, -0.2) is 26.0 Å². The van der Waals surface area contributed by atoms with Crippen molar-refractivity contribution >= 4 is 5.97 Å². The molecule has 0 saturated heterocycles. The topological polar surface area (TPSA) is 92.4 Å². The molecule has 19 heavy (non-hydrogen) atoms. The number of benzene rings is 1. The standard InChI is InChI=1S/C13H12N2O4/c1-7-4-3-5-8(2)11(7)15-6-9(16)12(17)10(14-15)13(18)19/h3-6,16H,1-2H3,(H,18,19). The molecule has 6 nitrogen and oxygen atoms in total. The Kier molecular flexibility index (Phi) is 3.08. The Morgan fingerprint density at radius 1 is 1.26 bits per heavy atom. The predicted molar refractivity (Wildman–Crippen MR) is 67.9 cm³/mol. The van der Waals surface area contributed by atoms with Crippen molar-refractivity contribution in [3.05, 3.63) is 51.4 Å². The summed E-state index contributed by atoms with van der Waals surface area (Å²) >= 11 is 0. The zero-order valence-electron chi connectivity index (χ0n) is 10.4. The number of carboxylic acids is 1. The molecule has 0 bridgehead atoms. The Bertz CT molecular complexity index is 699. The summed E-state index contributed by atoms with van der Waals surface area (Å²) in [5.41, 5.74) is 0.650. The molecule has 2 aromatic rings. The molecule has 1 aromatic carbocycles. The lowest BCUT2D eigenvalue weighted by Gasteiger charge is -2.12. The van der Waals surface area contributed by atoms with Gasteiger partial charge in [0.1, 0.15) is 0 Å². The number of hydrogen-bond acceptors (Lipinski definition) is 4. The fourth-order valence-corrected chi connectivity index (χ4v) is 1.90. The number of carbonyl (C=O) groups is 1. The first-order valence-electron chi connectivity index (χ1n) is 5.54. The summed E-state index contributed by atoms with van der Waals surface area (Å²) in [6.07, 6.45) is 1.12. The van der Waals surface area contributed by atoms with Crippen molar-refractivity contribution in [1.29, 1.82) is 0 Å². The largest absolute Gasteiger partial charge is 0.503 e. The molecule has 0 unspecified atom stereocenters. The second-order valence-electron chi connectivity index (χ2n) is 4.18. The van der Waals surface area contributed by atoms with Gasteiger partial charge in [-0.1, -0.05) is 18.2 Å². The first-order valence-corrected chi connectivity index (χ1v) is 5.54. The zero-order valence-corrected chi connectivity index (χ0v) is 10.4. The van der Waals surface area contributed by atoms with Crippen molar-refractivity contribution in [1.82, 2.24) is 9.78 Å². The lowest BCUT2D eigenvalue weighted by molar-refractivity contribution is 0.0686. The van der Waals surface area contributed by atoms with Crippen molar-refractivity contribution in [2.75, 3.05) is 0 Å². The van der Waals surface area contributed by atoms with E-state index in [0.29, 0.717) is 5.69 Å². The molecule has 98 valence electrons. The minimum Gasteiger partial charge on any atom is -0.503 e. The van der Waals surface area contributed by atoms with Gasteiger partial charge in [0.2, 0.25) is 5.69 Å². The summed E-state index contributed by atoms with van der Waals surface area (Å²) in [5.74, 6) is -2.11. The van der Waals surface area contributed by atoms with Crippen molar-refractivity contribution < 1.29 is 15.0 Å². The lowest BCUT2D eigenvalue weighted by Crippen LogP contribution is -2.21. The highest BCUT2D eigenvalue weighted by molar-refractivity contribution is 5.85. The van der Waals surface area contributed by atoms with Crippen LogP contribution in [0.15, 0.2) is 29.2 Å². The summed E-state index contributed by atoms with van der Waals surface area (Å²) in [4.78, 5) is 22.4. The van der Waals surface area contributed by atoms with Crippen LogP contribution in [0.2, 0.25) is 0 Å². The van der Waals surface area contributed by atoms with Gasteiger partial charge in [0.25, 0.3) is 5.43 Å². The SMILES string of the molecule is Cc1cccc(C)c1-n1cc(O)c(=O)c(C(=O)O)n1. The number of carboxylic acid groups (broad SMARTS) is 1. The molecule has 0 atom stereocenters. The van der Waals surface area contributed by atoms with Crippen LogP contribution in [0.3, 0.4) is 0 Å². The molecule has 0 aliphatic rings. The summed E-state index contributed by atoms with van der Waals surface area (Å²) < 4.78 is 1.21. The first-order chi connectivity index (χ1) is 8.91. The van der Waals surface area contributed by atoms with E-state index in [2.05, 4.69) is 5.10 Å². The maximum Gasteiger partial charge on any atom is 0.360 e. The van der Waals surface area contributed by atoms with Gasteiger partial charge in [0.05, 0.1) is 11.9 Å². The fraction of sp³-hybridized carbons (Fsp3) is 0.154. The Morgan fingerprint density at radius 2 is 1.84 bits per heavy atom. The van der Waals surface area contributed by atoms with Gasteiger partial charge in [-0.2, -0.15) is 5.10 Å². The molecule has 0 radical (unpaired) electrons. The number of aromatic nitrogens is 2. The second kappa shape index (κ2) is 4.56. The smallest absolute Gasteiger partial charge is 0.360 e. The van der Waals surface area contributed by atoms with Crippen LogP contribution in [0, 0.1) is 13.8 Å². The summed E-state index contributed by atoms with van der Waals surface area (Å²) in [5, 5.41) is 22.2. The normalized spacial score (nSPS) is 10.4. The van der Waals surface area contributed by atoms with Gasteiger partial charge >= 0.3 is 5.97 Å². The van der Waals surface area contributed by atoms with Gasteiger partial charge in [0, 0.05) is 0 Å². The third kappa shape index (κ3) is 2.20. The Hall–Kier alpha value is -2.63. The van der Waals surface area contributed by atoms with Gasteiger partial charge in [-0.05, 0) is 25.0 Å². The highest BCUT2D eigenvalue weighted by Gasteiger charge is 2.17. The summed E-state index contributed by atoms with van der Waals surface area (Å²) in [6.45, 7) is 3.67. The maximum absolute atomic E-state index is 11.5.